The molecular weight excluding hydrogens is 150 g/mol. The molecule has 0 bridgehead atoms. The predicted octanol–water partition coefficient (Wildman–Crippen LogP) is 0.285. The van der Waals surface area contributed by atoms with Gasteiger partial charge in [-0.2, -0.15) is 0 Å². The molecule has 0 saturated carbocycles. The second kappa shape index (κ2) is 6.40. The molecule has 1 aliphatic rings. The number of nitrogens with one attached hydrogen (secondary N) is 3. The Kier molecular flexibility index (Phi) is 5.32. The highest BCUT2D eigenvalue weighted by Crippen LogP contribution is 1.92. The number of rotatable bonds is 5. The van der Waals surface area contributed by atoms with Gasteiger partial charge in [0.1, 0.15) is 0 Å². The largest absolute Gasteiger partial charge is 0.313 e. The zero-order chi connectivity index (χ0) is 8.65. The van der Waals surface area contributed by atoms with Gasteiger partial charge in [-0.15, -0.1) is 0 Å². The van der Waals surface area contributed by atoms with Gasteiger partial charge < -0.3 is 10.6 Å². The molecule has 1 rings (SSSR count). The zero-order valence-electron chi connectivity index (χ0n) is 8.03. The highest BCUT2D eigenvalue weighted by molar-refractivity contribution is 4.72. The molecule has 3 nitrogen and oxygen atoms in total. The van der Waals surface area contributed by atoms with E-state index in [9.17, 15) is 0 Å². The van der Waals surface area contributed by atoms with Gasteiger partial charge in [0.2, 0.25) is 0 Å². The highest BCUT2D eigenvalue weighted by Gasteiger charge is 2.09. The summed E-state index contributed by atoms with van der Waals surface area (Å²) in [6, 6.07) is 0. The molecule has 0 aromatic rings. The number of piperazine rings is 1. The van der Waals surface area contributed by atoms with E-state index in [-0.39, 0.29) is 0 Å². The van der Waals surface area contributed by atoms with Crippen LogP contribution < -0.4 is 16.0 Å². The summed E-state index contributed by atoms with van der Waals surface area (Å²) < 4.78 is 0. The molecule has 0 aromatic heterocycles. The minimum atomic E-state index is 0.496. The lowest BCUT2D eigenvalue weighted by atomic mass is 10.2. The summed E-state index contributed by atoms with van der Waals surface area (Å²) in [6.45, 7) is 6.64. The van der Waals surface area contributed by atoms with Crippen LogP contribution in [0.15, 0.2) is 0 Å². The van der Waals surface area contributed by atoms with Crippen molar-refractivity contribution in [2.24, 2.45) is 0 Å². The summed E-state index contributed by atoms with van der Waals surface area (Å²) in [5, 5.41) is 10.3. The molecule has 3 N–H and O–H groups in total. The normalized spacial score (nSPS) is 24.2. The Bertz CT molecular complexity index is 99.9. The van der Waals surface area contributed by atoms with E-state index < -0.39 is 0 Å². The van der Waals surface area contributed by atoms with Crippen LogP contribution in [0.1, 0.15) is 26.2 Å². The first-order valence-corrected chi connectivity index (χ1v) is 5.11. The smallest absolute Gasteiger partial charge is 0.0700 e. The molecule has 1 fully saturated rings. The molecule has 1 unspecified atom stereocenters. The molecule has 12 heavy (non-hydrogen) atoms. The second-order valence-corrected chi connectivity index (χ2v) is 3.37. The van der Waals surface area contributed by atoms with E-state index >= 15 is 0 Å². The van der Waals surface area contributed by atoms with Crippen molar-refractivity contribution in [3.63, 3.8) is 0 Å². The minimum Gasteiger partial charge on any atom is -0.313 e. The van der Waals surface area contributed by atoms with Crippen LogP contribution in [0.2, 0.25) is 0 Å². The van der Waals surface area contributed by atoms with Crippen LogP contribution in [0, 0.1) is 0 Å². The molecule has 72 valence electrons. The van der Waals surface area contributed by atoms with Crippen LogP contribution in [-0.2, 0) is 0 Å². The van der Waals surface area contributed by atoms with E-state index in [0.717, 1.165) is 26.2 Å². The van der Waals surface area contributed by atoms with Crippen LogP contribution >= 0.6 is 0 Å². The van der Waals surface area contributed by atoms with Gasteiger partial charge in [0.25, 0.3) is 0 Å². The van der Waals surface area contributed by atoms with E-state index in [4.69, 9.17) is 0 Å². The third-order valence-corrected chi connectivity index (χ3v) is 2.21. The number of hydrogen-bond acceptors (Lipinski definition) is 3. The van der Waals surface area contributed by atoms with Crippen LogP contribution in [0.25, 0.3) is 0 Å². The van der Waals surface area contributed by atoms with Crippen LogP contribution in [0.3, 0.4) is 0 Å². The van der Waals surface area contributed by atoms with E-state index in [1.165, 1.54) is 19.3 Å². The first-order valence-electron chi connectivity index (χ1n) is 5.11. The van der Waals surface area contributed by atoms with Crippen molar-refractivity contribution in [2.45, 2.75) is 32.4 Å². The lowest BCUT2D eigenvalue weighted by Gasteiger charge is -2.25. The Morgan fingerprint density at radius 3 is 2.92 bits per heavy atom. The molecule has 0 amide bonds. The van der Waals surface area contributed by atoms with E-state index in [1.807, 2.05) is 0 Å². The van der Waals surface area contributed by atoms with Crippen molar-refractivity contribution < 1.29 is 0 Å². The summed E-state index contributed by atoms with van der Waals surface area (Å²) in [5.41, 5.74) is 0. The maximum Gasteiger partial charge on any atom is 0.0700 e. The van der Waals surface area contributed by atoms with Crippen molar-refractivity contribution in [1.29, 1.82) is 0 Å². The topological polar surface area (TPSA) is 36.1 Å². The standard InChI is InChI=1S/C9H21N3/c1-2-3-4-5-11-9-8-10-6-7-12-9/h9-12H,2-8H2,1H3. The predicted molar refractivity (Wildman–Crippen MR) is 52.2 cm³/mol. The van der Waals surface area contributed by atoms with Crippen LogP contribution in [0.5, 0.6) is 0 Å². The maximum absolute atomic E-state index is 3.48. The molecule has 1 heterocycles. The Morgan fingerprint density at radius 2 is 2.25 bits per heavy atom. The highest BCUT2D eigenvalue weighted by atomic mass is 15.2. The van der Waals surface area contributed by atoms with E-state index in [2.05, 4.69) is 22.9 Å². The number of hydrogen-bond donors (Lipinski definition) is 3. The molecule has 0 aliphatic carbocycles. The molecule has 1 atom stereocenters. The van der Waals surface area contributed by atoms with E-state index in [1.54, 1.807) is 0 Å². The van der Waals surface area contributed by atoms with Crippen LogP contribution in [-0.4, -0.2) is 32.3 Å². The molecule has 0 aromatic carbocycles. The van der Waals surface area contributed by atoms with Gasteiger partial charge in [-0.25, -0.2) is 0 Å². The average molecular weight is 171 g/mol. The minimum absolute atomic E-state index is 0.496. The number of unbranched alkanes of at least 4 members (excludes halogenated alkanes) is 2. The van der Waals surface area contributed by atoms with Gasteiger partial charge in [-0.1, -0.05) is 19.8 Å². The Hall–Kier alpha value is -0.120. The summed E-state index contributed by atoms with van der Waals surface area (Å²) in [6.07, 6.45) is 4.44. The lowest BCUT2D eigenvalue weighted by molar-refractivity contribution is 0.357. The van der Waals surface area contributed by atoms with Crippen molar-refractivity contribution in [2.75, 3.05) is 26.2 Å². The van der Waals surface area contributed by atoms with Crippen molar-refractivity contribution in [3.8, 4) is 0 Å². The van der Waals surface area contributed by atoms with Gasteiger partial charge in [-0.3, -0.25) is 5.32 Å². The average Bonchev–Trinajstić information content (AvgIpc) is 2.14. The van der Waals surface area contributed by atoms with Gasteiger partial charge >= 0.3 is 0 Å². The van der Waals surface area contributed by atoms with Crippen molar-refractivity contribution in [1.82, 2.24) is 16.0 Å². The van der Waals surface area contributed by atoms with Crippen molar-refractivity contribution >= 4 is 0 Å². The first kappa shape index (κ1) is 9.96. The molecule has 0 radical (unpaired) electrons. The third kappa shape index (κ3) is 4.04. The Labute approximate surface area is 75.3 Å². The lowest BCUT2D eigenvalue weighted by Crippen LogP contribution is -2.55. The molecule has 1 saturated heterocycles. The zero-order valence-corrected chi connectivity index (χ0v) is 8.03. The van der Waals surface area contributed by atoms with Gasteiger partial charge in [-0.05, 0) is 13.0 Å². The second-order valence-electron chi connectivity index (χ2n) is 3.37. The molecule has 0 spiro atoms. The van der Waals surface area contributed by atoms with Gasteiger partial charge in [0, 0.05) is 19.6 Å². The monoisotopic (exact) mass is 171 g/mol. The summed E-state index contributed by atoms with van der Waals surface area (Å²) in [5.74, 6) is 0. The summed E-state index contributed by atoms with van der Waals surface area (Å²) >= 11 is 0. The Morgan fingerprint density at radius 1 is 1.33 bits per heavy atom. The maximum atomic E-state index is 3.48. The summed E-state index contributed by atoms with van der Waals surface area (Å²) in [4.78, 5) is 0. The molecular formula is C9H21N3. The van der Waals surface area contributed by atoms with Crippen LogP contribution in [0.4, 0.5) is 0 Å². The Balaban J connectivity index is 1.91. The third-order valence-electron chi connectivity index (χ3n) is 2.21. The fraction of sp³-hybridized carbons (Fsp3) is 1.00. The fourth-order valence-electron chi connectivity index (χ4n) is 1.45. The van der Waals surface area contributed by atoms with Gasteiger partial charge in [0.05, 0.1) is 6.17 Å². The molecule has 3 heteroatoms. The van der Waals surface area contributed by atoms with Gasteiger partial charge in [0.15, 0.2) is 0 Å². The summed E-state index contributed by atoms with van der Waals surface area (Å²) in [7, 11) is 0. The van der Waals surface area contributed by atoms with Crippen molar-refractivity contribution in [3.05, 3.63) is 0 Å². The molecule has 1 aliphatic heterocycles. The first-order chi connectivity index (χ1) is 5.93. The SMILES string of the molecule is CCCCCNC1CNCCN1. The van der Waals surface area contributed by atoms with E-state index in [0.29, 0.717) is 6.17 Å². The fourth-order valence-corrected chi connectivity index (χ4v) is 1.45. The quantitative estimate of drug-likeness (QED) is 0.520.